The topological polar surface area (TPSA) is 53.2 Å². The minimum atomic E-state index is 0.260. The standard InChI is InChI=1S/C20H15NO2/c21-13-15-1-3-16(4-2-15)14-23-20-11-7-18(8-12-20)17-5-9-19(22)10-6-17/h1-12,22H,14H2. The highest BCUT2D eigenvalue weighted by molar-refractivity contribution is 5.64. The minimum Gasteiger partial charge on any atom is -0.508 e. The van der Waals surface area contributed by atoms with E-state index in [1.165, 1.54) is 0 Å². The lowest BCUT2D eigenvalue weighted by Gasteiger charge is -2.08. The molecular formula is C20H15NO2. The summed E-state index contributed by atoms with van der Waals surface area (Å²) in [5.41, 5.74) is 3.77. The molecule has 0 atom stereocenters. The van der Waals surface area contributed by atoms with Crippen LogP contribution in [0.4, 0.5) is 0 Å². The molecule has 0 aliphatic rings. The Hall–Kier alpha value is -3.25. The van der Waals surface area contributed by atoms with Gasteiger partial charge in [-0.05, 0) is 53.1 Å². The maximum absolute atomic E-state index is 9.32. The smallest absolute Gasteiger partial charge is 0.119 e. The van der Waals surface area contributed by atoms with E-state index in [4.69, 9.17) is 10.00 Å². The van der Waals surface area contributed by atoms with Crippen LogP contribution < -0.4 is 4.74 Å². The van der Waals surface area contributed by atoms with E-state index in [9.17, 15) is 5.11 Å². The summed E-state index contributed by atoms with van der Waals surface area (Å²) in [5.74, 6) is 1.05. The second-order valence-electron chi connectivity index (χ2n) is 5.17. The largest absolute Gasteiger partial charge is 0.508 e. The zero-order chi connectivity index (χ0) is 16.1. The Kier molecular flexibility index (Phi) is 4.26. The normalized spacial score (nSPS) is 10.0. The van der Waals surface area contributed by atoms with Crippen LogP contribution in [0.15, 0.2) is 72.8 Å². The molecule has 112 valence electrons. The second-order valence-corrected chi connectivity index (χ2v) is 5.17. The van der Waals surface area contributed by atoms with Crippen molar-refractivity contribution in [3.05, 3.63) is 83.9 Å². The van der Waals surface area contributed by atoms with Crippen molar-refractivity contribution in [2.75, 3.05) is 0 Å². The zero-order valence-electron chi connectivity index (χ0n) is 12.4. The Bertz CT molecular complexity index is 814. The first-order chi connectivity index (χ1) is 11.2. The number of phenolic OH excluding ortho intramolecular Hbond substituents is 1. The van der Waals surface area contributed by atoms with E-state index in [2.05, 4.69) is 6.07 Å². The van der Waals surface area contributed by atoms with Gasteiger partial charge in [0.15, 0.2) is 0 Å². The number of hydrogen-bond donors (Lipinski definition) is 1. The number of nitriles is 1. The molecule has 3 aromatic carbocycles. The van der Waals surface area contributed by atoms with Crippen molar-refractivity contribution >= 4 is 0 Å². The summed E-state index contributed by atoms with van der Waals surface area (Å²) in [7, 11) is 0. The first-order valence-corrected chi connectivity index (χ1v) is 7.26. The van der Waals surface area contributed by atoms with E-state index in [0.29, 0.717) is 12.2 Å². The molecule has 3 heteroatoms. The minimum absolute atomic E-state index is 0.260. The Morgan fingerprint density at radius 1 is 0.783 bits per heavy atom. The van der Waals surface area contributed by atoms with Crippen LogP contribution >= 0.6 is 0 Å². The predicted octanol–water partition coefficient (Wildman–Crippen LogP) is 4.51. The van der Waals surface area contributed by atoms with Gasteiger partial charge in [0, 0.05) is 0 Å². The molecule has 0 radical (unpaired) electrons. The van der Waals surface area contributed by atoms with Gasteiger partial charge in [0.1, 0.15) is 18.1 Å². The lowest BCUT2D eigenvalue weighted by atomic mass is 10.1. The van der Waals surface area contributed by atoms with Crippen LogP contribution in [0.2, 0.25) is 0 Å². The predicted molar refractivity (Wildman–Crippen MR) is 89.0 cm³/mol. The Morgan fingerprint density at radius 2 is 1.35 bits per heavy atom. The summed E-state index contributed by atoms with van der Waals surface area (Å²) in [6, 6.07) is 24.4. The second kappa shape index (κ2) is 6.67. The third-order valence-electron chi connectivity index (χ3n) is 3.54. The van der Waals surface area contributed by atoms with Crippen molar-refractivity contribution in [3.8, 4) is 28.7 Å². The molecule has 0 fully saturated rings. The van der Waals surface area contributed by atoms with Gasteiger partial charge in [0.05, 0.1) is 11.6 Å². The molecule has 0 saturated carbocycles. The summed E-state index contributed by atoms with van der Waals surface area (Å²) in [6.45, 7) is 0.463. The van der Waals surface area contributed by atoms with Crippen molar-refractivity contribution in [3.63, 3.8) is 0 Å². The summed E-state index contributed by atoms with van der Waals surface area (Å²) < 4.78 is 5.75. The van der Waals surface area contributed by atoms with Crippen molar-refractivity contribution in [1.29, 1.82) is 5.26 Å². The molecule has 0 aromatic heterocycles. The molecule has 0 aliphatic carbocycles. The summed E-state index contributed by atoms with van der Waals surface area (Å²) in [4.78, 5) is 0. The third-order valence-corrected chi connectivity index (χ3v) is 3.54. The molecule has 0 heterocycles. The number of aromatic hydroxyl groups is 1. The average molecular weight is 301 g/mol. The maximum atomic E-state index is 9.32. The fraction of sp³-hybridized carbons (Fsp3) is 0.0500. The van der Waals surface area contributed by atoms with Crippen LogP contribution in [-0.4, -0.2) is 5.11 Å². The molecular weight excluding hydrogens is 286 g/mol. The molecule has 0 unspecified atom stereocenters. The van der Waals surface area contributed by atoms with Crippen molar-refractivity contribution in [2.45, 2.75) is 6.61 Å². The molecule has 0 saturated heterocycles. The quantitative estimate of drug-likeness (QED) is 0.771. The number of benzene rings is 3. The van der Waals surface area contributed by atoms with Gasteiger partial charge in [0.2, 0.25) is 0 Å². The first kappa shape index (κ1) is 14.7. The van der Waals surface area contributed by atoms with Gasteiger partial charge >= 0.3 is 0 Å². The van der Waals surface area contributed by atoms with Gasteiger partial charge in [-0.3, -0.25) is 0 Å². The maximum Gasteiger partial charge on any atom is 0.119 e. The highest BCUT2D eigenvalue weighted by Crippen LogP contribution is 2.24. The van der Waals surface area contributed by atoms with Crippen molar-refractivity contribution in [2.24, 2.45) is 0 Å². The zero-order valence-corrected chi connectivity index (χ0v) is 12.4. The lowest BCUT2D eigenvalue weighted by Crippen LogP contribution is -1.95. The number of nitrogens with zero attached hydrogens (tertiary/aromatic N) is 1. The highest BCUT2D eigenvalue weighted by atomic mass is 16.5. The van der Waals surface area contributed by atoms with Crippen molar-refractivity contribution < 1.29 is 9.84 Å². The fourth-order valence-corrected chi connectivity index (χ4v) is 2.24. The number of hydrogen-bond acceptors (Lipinski definition) is 3. The Labute approximate surface area is 135 Å². The van der Waals surface area contributed by atoms with Crippen LogP contribution in [-0.2, 0) is 6.61 Å². The average Bonchev–Trinajstić information content (AvgIpc) is 2.61. The highest BCUT2D eigenvalue weighted by Gasteiger charge is 2.00. The Morgan fingerprint density at radius 3 is 1.91 bits per heavy atom. The van der Waals surface area contributed by atoms with E-state index in [1.54, 1.807) is 24.3 Å². The number of rotatable bonds is 4. The molecule has 3 nitrogen and oxygen atoms in total. The van der Waals surface area contributed by atoms with Gasteiger partial charge in [-0.2, -0.15) is 5.26 Å². The summed E-state index contributed by atoms with van der Waals surface area (Å²) in [5, 5.41) is 18.1. The van der Waals surface area contributed by atoms with Gasteiger partial charge < -0.3 is 9.84 Å². The van der Waals surface area contributed by atoms with Gasteiger partial charge in [0.25, 0.3) is 0 Å². The van der Waals surface area contributed by atoms with E-state index < -0.39 is 0 Å². The fourth-order valence-electron chi connectivity index (χ4n) is 2.24. The Balaban J connectivity index is 1.65. The first-order valence-electron chi connectivity index (χ1n) is 7.26. The van der Waals surface area contributed by atoms with Gasteiger partial charge in [-0.25, -0.2) is 0 Å². The van der Waals surface area contributed by atoms with E-state index in [1.807, 2.05) is 48.5 Å². The van der Waals surface area contributed by atoms with E-state index in [0.717, 1.165) is 22.4 Å². The molecule has 3 aromatic rings. The van der Waals surface area contributed by atoms with Gasteiger partial charge in [-0.1, -0.05) is 36.4 Å². The van der Waals surface area contributed by atoms with Crippen molar-refractivity contribution in [1.82, 2.24) is 0 Å². The number of ether oxygens (including phenoxy) is 1. The molecule has 0 aliphatic heterocycles. The summed E-state index contributed by atoms with van der Waals surface area (Å²) >= 11 is 0. The SMILES string of the molecule is N#Cc1ccc(COc2ccc(-c3ccc(O)cc3)cc2)cc1. The van der Waals surface area contributed by atoms with Crippen LogP contribution in [0.3, 0.4) is 0 Å². The van der Waals surface area contributed by atoms with Crippen LogP contribution in [0.1, 0.15) is 11.1 Å². The molecule has 0 bridgehead atoms. The van der Waals surface area contributed by atoms with E-state index >= 15 is 0 Å². The van der Waals surface area contributed by atoms with Gasteiger partial charge in [-0.15, -0.1) is 0 Å². The number of phenols is 1. The molecule has 23 heavy (non-hydrogen) atoms. The summed E-state index contributed by atoms with van der Waals surface area (Å²) in [6.07, 6.45) is 0. The lowest BCUT2D eigenvalue weighted by molar-refractivity contribution is 0.306. The van der Waals surface area contributed by atoms with Crippen LogP contribution in [0, 0.1) is 11.3 Å². The van der Waals surface area contributed by atoms with Crippen LogP contribution in [0.5, 0.6) is 11.5 Å². The molecule has 1 N–H and O–H groups in total. The molecule has 0 amide bonds. The van der Waals surface area contributed by atoms with Crippen LogP contribution in [0.25, 0.3) is 11.1 Å². The molecule has 0 spiro atoms. The molecule has 3 rings (SSSR count). The van der Waals surface area contributed by atoms with E-state index in [-0.39, 0.29) is 5.75 Å². The third kappa shape index (κ3) is 3.69. The monoisotopic (exact) mass is 301 g/mol.